The van der Waals surface area contributed by atoms with E-state index in [2.05, 4.69) is 10.3 Å². The SMILES string of the molecule is Cc1cnccc1-c1cccc(CCN(CCCNC(=O)NCS(=O)(=O)O)S(=O)(=O)c2cccc(Cl)c2C)c1. The van der Waals surface area contributed by atoms with E-state index in [9.17, 15) is 21.6 Å². The standard InChI is InChI=1S/C26H31ClN4O6S2/c1-19-17-28-13-10-23(19)22-7-3-6-21(16-22)11-15-31(14-5-12-29-26(32)30-18-38(33,34)35)39(36,37)25-9-4-8-24(27)20(25)2/h3-4,6-10,13,16-17H,5,11-12,14-15,18H2,1-2H3,(H2,29,30,32)(H,33,34,35). The number of aryl methyl sites for hydroxylation is 1. The number of nitrogens with zero attached hydrogens (tertiary/aromatic N) is 2. The second kappa shape index (κ2) is 13.4. The van der Waals surface area contributed by atoms with Crippen molar-refractivity contribution in [2.24, 2.45) is 0 Å². The minimum Gasteiger partial charge on any atom is -0.338 e. The lowest BCUT2D eigenvalue weighted by molar-refractivity contribution is 0.241. The molecule has 1 aromatic heterocycles. The molecule has 0 saturated heterocycles. The number of benzene rings is 2. The highest BCUT2D eigenvalue weighted by Gasteiger charge is 2.26. The molecule has 210 valence electrons. The molecule has 0 aliphatic heterocycles. The van der Waals surface area contributed by atoms with Gasteiger partial charge >= 0.3 is 6.03 Å². The molecule has 0 unspecified atom stereocenters. The molecule has 0 fully saturated rings. The van der Waals surface area contributed by atoms with E-state index in [1.54, 1.807) is 31.5 Å². The minimum atomic E-state index is -4.35. The van der Waals surface area contributed by atoms with Crippen LogP contribution >= 0.6 is 11.6 Å². The zero-order valence-corrected chi connectivity index (χ0v) is 24.0. The highest BCUT2D eigenvalue weighted by Crippen LogP contribution is 2.27. The number of halogens is 1. The van der Waals surface area contributed by atoms with Crippen molar-refractivity contribution < 1.29 is 26.2 Å². The molecule has 0 aliphatic rings. The minimum absolute atomic E-state index is 0.0780. The fourth-order valence-corrected chi connectivity index (χ4v) is 6.25. The maximum absolute atomic E-state index is 13.7. The van der Waals surface area contributed by atoms with Crippen LogP contribution in [-0.2, 0) is 26.6 Å². The molecule has 2 amide bonds. The first-order valence-corrected chi connectivity index (χ1v) is 15.5. The highest BCUT2D eigenvalue weighted by molar-refractivity contribution is 7.89. The van der Waals surface area contributed by atoms with Gasteiger partial charge in [-0.15, -0.1) is 0 Å². The van der Waals surface area contributed by atoms with E-state index in [0.717, 1.165) is 22.3 Å². The Hall–Kier alpha value is -3.03. The largest absolute Gasteiger partial charge is 0.338 e. The van der Waals surface area contributed by atoms with Gasteiger partial charge in [0.15, 0.2) is 0 Å². The van der Waals surface area contributed by atoms with Crippen molar-refractivity contribution in [1.82, 2.24) is 19.9 Å². The van der Waals surface area contributed by atoms with Gasteiger partial charge in [0.25, 0.3) is 10.1 Å². The van der Waals surface area contributed by atoms with Gasteiger partial charge in [0.05, 0.1) is 4.90 Å². The van der Waals surface area contributed by atoms with Crippen molar-refractivity contribution in [3.63, 3.8) is 0 Å². The molecule has 3 rings (SSSR count). The number of hydrogen-bond acceptors (Lipinski definition) is 6. The molecule has 39 heavy (non-hydrogen) atoms. The van der Waals surface area contributed by atoms with E-state index in [4.69, 9.17) is 16.2 Å². The zero-order valence-electron chi connectivity index (χ0n) is 21.6. The number of hydrogen-bond donors (Lipinski definition) is 3. The predicted molar refractivity (Wildman–Crippen MR) is 151 cm³/mol. The van der Waals surface area contributed by atoms with Gasteiger partial charge in [-0.1, -0.05) is 41.9 Å². The van der Waals surface area contributed by atoms with Gasteiger partial charge in [-0.05, 0) is 72.7 Å². The maximum Gasteiger partial charge on any atom is 0.315 e. The quantitative estimate of drug-likeness (QED) is 0.214. The van der Waals surface area contributed by atoms with Gasteiger partial charge in [-0.25, -0.2) is 13.2 Å². The Kier molecular flexibility index (Phi) is 10.4. The van der Waals surface area contributed by atoms with Gasteiger partial charge in [-0.3, -0.25) is 9.54 Å². The van der Waals surface area contributed by atoms with Crippen LogP contribution in [0.3, 0.4) is 0 Å². The normalized spacial score (nSPS) is 11.9. The molecule has 13 heteroatoms. The Morgan fingerprint density at radius 2 is 1.77 bits per heavy atom. The molecule has 3 aromatic rings. The van der Waals surface area contributed by atoms with Crippen molar-refractivity contribution in [3.8, 4) is 11.1 Å². The Morgan fingerprint density at radius 3 is 2.49 bits per heavy atom. The maximum atomic E-state index is 13.7. The molecule has 3 N–H and O–H groups in total. The van der Waals surface area contributed by atoms with Crippen LogP contribution in [0.5, 0.6) is 0 Å². The number of rotatable bonds is 12. The number of carbonyl (C=O) groups is 1. The molecule has 0 bridgehead atoms. The van der Waals surface area contributed by atoms with Crippen LogP contribution in [0.25, 0.3) is 11.1 Å². The molecular formula is C26H31ClN4O6S2. The van der Waals surface area contributed by atoms with Crippen molar-refractivity contribution in [3.05, 3.63) is 82.6 Å². The summed E-state index contributed by atoms with van der Waals surface area (Å²) in [6.07, 6.45) is 4.22. The highest BCUT2D eigenvalue weighted by atomic mass is 35.5. The summed E-state index contributed by atoms with van der Waals surface area (Å²) in [6, 6.07) is 13.8. The lowest BCUT2D eigenvalue weighted by Crippen LogP contribution is -2.40. The van der Waals surface area contributed by atoms with Gasteiger partial charge in [-0.2, -0.15) is 12.7 Å². The zero-order chi connectivity index (χ0) is 28.6. The van der Waals surface area contributed by atoms with E-state index in [1.807, 2.05) is 42.6 Å². The first-order valence-electron chi connectivity index (χ1n) is 12.1. The molecule has 10 nitrogen and oxygen atoms in total. The average Bonchev–Trinajstić information content (AvgIpc) is 2.88. The Balaban J connectivity index is 1.75. The summed E-state index contributed by atoms with van der Waals surface area (Å²) >= 11 is 6.21. The van der Waals surface area contributed by atoms with Crippen molar-refractivity contribution in [2.45, 2.75) is 31.6 Å². The molecule has 0 aliphatic carbocycles. The summed E-state index contributed by atoms with van der Waals surface area (Å²) in [5.74, 6) is -0.925. The van der Waals surface area contributed by atoms with Gasteiger partial charge in [0, 0.05) is 37.1 Å². The summed E-state index contributed by atoms with van der Waals surface area (Å²) in [5, 5.41) is 4.81. The molecule has 0 atom stereocenters. The lowest BCUT2D eigenvalue weighted by atomic mass is 9.99. The third kappa shape index (κ3) is 8.73. The van der Waals surface area contributed by atoms with Gasteiger partial charge in [0.2, 0.25) is 10.0 Å². The predicted octanol–water partition coefficient (Wildman–Crippen LogP) is 3.79. The van der Waals surface area contributed by atoms with Crippen LogP contribution in [0, 0.1) is 13.8 Å². The fourth-order valence-electron chi connectivity index (χ4n) is 3.98. The fraction of sp³-hybridized carbons (Fsp3) is 0.308. The first kappa shape index (κ1) is 30.5. The van der Waals surface area contributed by atoms with Crippen molar-refractivity contribution in [2.75, 3.05) is 25.5 Å². The third-order valence-corrected chi connectivity index (χ3v) is 8.99. The number of urea groups is 1. The Bertz CT molecular complexity index is 1530. The van der Waals surface area contributed by atoms with Crippen LogP contribution in [0.1, 0.15) is 23.1 Å². The van der Waals surface area contributed by atoms with E-state index in [-0.39, 0.29) is 31.0 Å². The average molecular weight is 595 g/mol. The van der Waals surface area contributed by atoms with Crippen molar-refractivity contribution in [1.29, 1.82) is 0 Å². The smallest absolute Gasteiger partial charge is 0.315 e. The molecule has 0 spiro atoms. The summed E-state index contributed by atoms with van der Waals surface area (Å²) < 4.78 is 59.0. The lowest BCUT2D eigenvalue weighted by Gasteiger charge is -2.24. The van der Waals surface area contributed by atoms with Crippen LogP contribution in [0.15, 0.2) is 65.8 Å². The number of nitrogens with one attached hydrogen (secondary N) is 2. The van der Waals surface area contributed by atoms with Crippen LogP contribution in [0.4, 0.5) is 4.79 Å². The number of amides is 2. The Morgan fingerprint density at radius 1 is 1.03 bits per heavy atom. The van der Waals surface area contributed by atoms with Crippen LogP contribution in [0.2, 0.25) is 5.02 Å². The molecule has 0 radical (unpaired) electrons. The van der Waals surface area contributed by atoms with E-state index >= 15 is 0 Å². The van der Waals surface area contributed by atoms with Crippen LogP contribution in [-0.4, -0.2) is 62.2 Å². The number of carbonyl (C=O) groups excluding carboxylic acids is 1. The summed E-state index contributed by atoms with van der Waals surface area (Å²) in [6.45, 7) is 3.98. The monoisotopic (exact) mass is 594 g/mol. The van der Waals surface area contributed by atoms with E-state index in [1.165, 1.54) is 10.4 Å². The van der Waals surface area contributed by atoms with Gasteiger partial charge < -0.3 is 10.6 Å². The molecule has 1 heterocycles. The third-order valence-electron chi connectivity index (χ3n) is 6.03. The first-order chi connectivity index (χ1) is 18.4. The second-order valence-corrected chi connectivity index (χ2v) is 12.7. The number of aromatic nitrogens is 1. The number of sulfonamides is 1. The summed E-state index contributed by atoms with van der Waals surface area (Å²) in [4.78, 5) is 16.0. The molecule has 0 saturated carbocycles. The summed E-state index contributed by atoms with van der Waals surface area (Å²) in [7, 11) is -8.28. The summed E-state index contributed by atoms with van der Waals surface area (Å²) in [5.41, 5.74) is 4.48. The Labute approximate surface area is 234 Å². The van der Waals surface area contributed by atoms with Crippen molar-refractivity contribution >= 4 is 37.8 Å². The van der Waals surface area contributed by atoms with E-state index < -0.39 is 32.0 Å². The second-order valence-electron chi connectivity index (χ2n) is 8.92. The molecule has 2 aromatic carbocycles. The topological polar surface area (TPSA) is 146 Å². The van der Waals surface area contributed by atoms with Gasteiger partial charge in [0.1, 0.15) is 5.88 Å². The number of pyridine rings is 1. The molecular weight excluding hydrogens is 564 g/mol. The van der Waals surface area contributed by atoms with Crippen LogP contribution < -0.4 is 10.6 Å². The van der Waals surface area contributed by atoms with E-state index in [0.29, 0.717) is 17.0 Å².